The van der Waals surface area contributed by atoms with E-state index in [1.54, 1.807) is 6.07 Å². The minimum atomic E-state index is -0.188. The van der Waals surface area contributed by atoms with Crippen LogP contribution in [0.25, 0.3) is 11.4 Å². The summed E-state index contributed by atoms with van der Waals surface area (Å²) in [5, 5.41) is 0. The lowest BCUT2D eigenvalue weighted by Gasteiger charge is -2.19. The van der Waals surface area contributed by atoms with Crippen LogP contribution in [0.4, 0.5) is 15.9 Å². The van der Waals surface area contributed by atoms with Crippen LogP contribution in [-0.2, 0) is 6.42 Å². The van der Waals surface area contributed by atoms with E-state index in [-0.39, 0.29) is 5.82 Å². The zero-order valence-corrected chi connectivity index (χ0v) is 12.2. The Kier molecular flexibility index (Phi) is 2.92. The van der Waals surface area contributed by atoms with Crippen molar-refractivity contribution in [3.63, 3.8) is 0 Å². The number of aromatic amines is 1. The summed E-state index contributed by atoms with van der Waals surface area (Å²) in [6, 6.07) is 10.8. The zero-order valence-electron chi connectivity index (χ0n) is 12.2. The third kappa shape index (κ3) is 2.15. The number of aryl methyl sites for hydroxylation is 1. The molecule has 22 heavy (non-hydrogen) atoms. The largest absolute Gasteiger partial charge is 0.360 e. The Morgan fingerprint density at radius 3 is 2.91 bits per heavy atom. The molecule has 1 aliphatic heterocycles. The highest BCUT2D eigenvalue weighted by atomic mass is 19.1. The van der Waals surface area contributed by atoms with Gasteiger partial charge in [-0.15, -0.1) is 0 Å². The standard InChI is InChI=1S/C17H15FN4/c1-11-20-15(14-3-2-7-19-14)10-17(21-11)22-8-6-12-9-13(18)4-5-16(12)22/h2-5,7,9-10,19H,6,8H2,1H3. The van der Waals surface area contributed by atoms with E-state index in [9.17, 15) is 4.39 Å². The summed E-state index contributed by atoms with van der Waals surface area (Å²) in [5.41, 5.74) is 3.88. The van der Waals surface area contributed by atoms with Gasteiger partial charge in [-0.05, 0) is 49.2 Å². The first-order valence-corrected chi connectivity index (χ1v) is 7.26. The summed E-state index contributed by atoms with van der Waals surface area (Å²) in [6.45, 7) is 2.69. The molecule has 4 rings (SSSR count). The minimum absolute atomic E-state index is 0.188. The van der Waals surface area contributed by atoms with Gasteiger partial charge in [0.25, 0.3) is 0 Å². The molecule has 0 unspecified atom stereocenters. The molecule has 1 aromatic carbocycles. The number of fused-ring (bicyclic) bond motifs is 1. The molecular formula is C17H15FN4. The predicted octanol–water partition coefficient (Wildman–Crippen LogP) is 3.61. The fraction of sp³-hybridized carbons (Fsp3) is 0.176. The van der Waals surface area contributed by atoms with Crippen molar-refractivity contribution in [2.24, 2.45) is 0 Å². The Hall–Kier alpha value is -2.69. The van der Waals surface area contributed by atoms with E-state index < -0.39 is 0 Å². The number of H-pyrrole nitrogens is 1. The van der Waals surface area contributed by atoms with Crippen LogP contribution < -0.4 is 4.90 Å². The molecule has 3 aromatic rings. The van der Waals surface area contributed by atoms with Crippen LogP contribution in [0.1, 0.15) is 11.4 Å². The van der Waals surface area contributed by atoms with Gasteiger partial charge in [0.1, 0.15) is 17.5 Å². The number of rotatable bonds is 2. The quantitative estimate of drug-likeness (QED) is 0.785. The molecule has 1 N–H and O–H groups in total. The number of hydrogen-bond donors (Lipinski definition) is 1. The minimum Gasteiger partial charge on any atom is -0.360 e. The van der Waals surface area contributed by atoms with Crippen molar-refractivity contribution in [2.75, 3.05) is 11.4 Å². The van der Waals surface area contributed by atoms with Gasteiger partial charge in [0.05, 0.1) is 11.4 Å². The van der Waals surface area contributed by atoms with Crippen molar-refractivity contribution in [3.05, 3.63) is 59.8 Å². The lowest BCUT2D eigenvalue weighted by molar-refractivity contribution is 0.626. The topological polar surface area (TPSA) is 44.8 Å². The van der Waals surface area contributed by atoms with Gasteiger partial charge in [0.15, 0.2) is 0 Å². The van der Waals surface area contributed by atoms with Gasteiger partial charge in [-0.2, -0.15) is 0 Å². The van der Waals surface area contributed by atoms with Gasteiger partial charge < -0.3 is 9.88 Å². The first-order valence-electron chi connectivity index (χ1n) is 7.26. The van der Waals surface area contributed by atoms with Gasteiger partial charge in [-0.3, -0.25) is 0 Å². The Labute approximate surface area is 127 Å². The van der Waals surface area contributed by atoms with Crippen LogP contribution in [0.15, 0.2) is 42.6 Å². The maximum Gasteiger partial charge on any atom is 0.137 e. The number of halogens is 1. The molecule has 4 nitrogen and oxygen atoms in total. The van der Waals surface area contributed by atoms with E-state index in [4.69, 9.17) is 0 Å². The Bertz CT molecular complexity index is 827. The Morgan fingerprint density at radius 2 is 2.09 bits per heavy atom. The SMILES string of the molecule is Cc1nc(-c2ccc[nH]2)cc(N2CCc3cc(F)ccc32)n1. The maximum atomic E-state index is 13.4. The van der Waals surface area contributed by atoms with E-state index in [1.165, 1.54) is 6.07 Å². The summed E-state index contributed by atoms with van der Waals surface area (Å²) in [7, 11) is 0. The number of benzene rings is 1. The molecule has 0 saturated carbocycles. The molecule has 1 aliphatic rings. The molecule has 0 saturated heterocycles. The van der Waals surface area contributed by atoms with Crippen molar-refractivity contribution in [1.82, 2.24) is 15.0 Å². The van der Waals surface area contributed by atoms with Crippen LogP contribution in [0.5, 0.6) is 0 Å². The van der Waals surface area contributed by atoms with Crippen LogP contribution in [-0.4, -0.2) is 21.5 Å². The summed E-state index contributed by atoms with van der Waals surface area (Å²) >= 11 is 0. The highest BCUT2D eigenvalue weighted by molar-refractivity contribution is 5.70. The van der Waals surface area contributed by atoms with Crippen molar-refractivity contribution < 1.29 is 4.39 Å². The van der Waals surface area contributed by atoms with Crippen LogP contribution in [0.3, 0.4) is 0 Å². The molecule has 0 bridgehead atoms. The highest BCUT2D eigenvalue weighted by Gasteiger charge is 2.22. The highest BCUT2D eigenvalue weighted by Crippen LogP contribution is 2.34. The van der Waals surface area contributed by atoms with Crippen LogP contribution in [0, 0.1) is 12.7 Å². The molecule has 0 fully saturated rings. The second-order valence-electron chi connectivity index (χ2n) is 5.42. The number of anilines is 2. The van der Waals surface area contributed by atoms with Gasteiger partial charge >= 0.3 is 0 Å². The van der Waals surface area contributed by atoms with Gasteiger partial charge in [0.2, 0.25) is 0 Å². The second-order valence-corrected chi connectivity index (χ2v) is 5.42. The van der Waals surface area contributed by atoms with Crippen molar-refractivity contribution in [3.8, 4) is 11.4 Å². The third-order valence-electron chi connectivity index (χ3n) is 3.91. The molecular weight excluding hydrogens is 279 g/mol. The Balaban J connectivity index is 1.79. The fourth-order valence-corrected chi connectivity index (χ4v) is 2.93. The molecule has 0 radical (unpaired) electrons. The van der Waals surface area contributed by atoms with E-state index >= 15 is 0 Å². The normalized spacial score (nSPS) is 13.5. The third-order valence-corrected chi connectivity index (χ3v) is 3.91. The van der Waals surface area contributed by atoms with Gasteiger partial charge in [0, 0.05) is 24.5 Å². The average molecular weight is 294 g/mol. The van der Waals surface area contributed by atoms with Crippen molar-refractivity contribution in [2.45, 2.75) is 13.3 Å². The predicted molar refractivity (Wildman–Crippen MR) is 83.7 cm³/mol. The fourth-order valence-electron chi connectivity index (χ4n) is 2.93. The maximum absolute atomic E-state index is 13.4. The summed E-state index contributed by atoms with van der Waals surface area (Å²) in [6.07, 6.45) is 2.70. The van der Waals surface area contributed by atoms with Crippen molar-refractivity contribution in [1.29, 1.82) is 0 Å². The molecule has 2 aromatic heterocycles. The number of nitrogens with one attached hydrogen (secondary N) is 1. The summed E-state index contributed by atoms with van der Waals surface area (Å²) < 4.78 is 13.4. The van der Waals surface area contributed by atoms with Crippen molar-refractivity contribution >= 4 is 11.5 Å². The molecule has 0 amide bonds. The van der Waals surface area contributed by atoms with E-state index in [2.05, 4.69) is 19.9 Å². The van der Waals surface area contributed by atoms with Crippen LogP contribution in [0.2, 0.25) is 0 Å². The monoisotopic (exact) mass is 294 g/mol. The summed E-state index contributed by atoms with van der Waals surface area (Å²) in [4.78, 5) is 14.3. The Morgan fingerprint density at radius 1 is 1.18 bits per heavy atom. The lowest BCUT2D eigenvalue weighted by atomic mass is 10.1. The van der Waals surface area contributed by atoms with Crippen LogP contribution >= 0.6 is 0 Å². The zero-order chi connectivity index (χ0) is 15.1. The molecule has 0 atom stereocenters. The number of hydrogen-bond acceptors (Lipinski definition) is 3. The molecule has 0 aliphatic carbocycles. The molecule has 3 heterocycles. The van der Waals surface area contributed by atoms with E-state index in [1.807, 2.05) is 37.4 Å². The van der Waals surface area contributed by atoms with Gasteiger partial charge in [-0.25, -0.2) is 14.4 Å². The molecule has 0 spiro atoms. The lowest BCUT2D eigenvalue weighted by Crippen LogP contribution is -2.15. The van der Waals surface area contributed by atoms with E-state index in [0.29, 0.717) is 0 Å². The molecule has 110 valence electrons. The first kappa shape index (κ1) is 13.0. The van der Waals surface area contributed by atoms with Gasteiger partial charge in [-0.1, -0.05) is 0 Å². The van der Waals surface area contributed by atoms with E-state index in [0.717, 1.165) is 47.2 Å². The summed E-state index contributed by atoms with van der Waals surface area (Å²) in [5.74, 6) is 1.38. The first-order chi connectivity index (χ1) is 10.7. The second kappa shape index (κ2) is 4.94. The average Bonchev–Trinajstić information content (AvgIpc) is 3.15. The smallest absolute Gasteiger partial charge is 0.137 e. The number of nitrogens with zero attached hydrogens (tertiary/aromatic N) is 3. The molecule has 5 heteroatoms. The number of aromatic nitrogens is 3.